The van der Waals surface area contributed by atoms with Gasteiger partial charge in [-0.2, -0.15) is 0 Å². The molecule has 3 heterocycles. The van der Waals surface area contributed by atoms with Crippen LogP contribution in [0.3, 0.4) is 0 Å². The summed E-state index contributed by atoms with van der Waals surface area (Å²) in [4.78, 5) is 10.4. The molecule has 0 atom stereocenters. The lowest BCUT2D eigenvalue weighted by molar-refractivity contribution is 0.483. The summed E-state index contributed by atoms with van der Waals surface area (Å²) < 4.78 is 9.42. The van der Waals surface area contributed by atoms with E-state index in [0.717, 1.165) is 62.8 Å². The van der Waals surface area contributed by atoms with Gasteiger partial charge < -0.3 is 14.5 Å². The van der Waals surface area contributed by atoms with E-state index in [0.29, 0.717) is 6.67 Å². The molecule has 99 heavy (non-hydrogen) atoms. The van der Waals surface area contributed by atoms with Gasteiger partial charge in [0.2, 0.25) is 0 Å². The normalized spacial score (nSPS) is 14.2. The Balaban J connectivity index is 0.834. The molecule has 0 fully saturated rings. The third kappa shape index (κ3) is 10.7. The maximum absolute atomic E-state index is 7.11. The second-order valence-electron chi connectivity index (χ2n) is 33.3. The Labute approximate surface area is 586 Å². The van der Waals surface area contributed by atoms with E-state index in [1.54, 1.807) is 0 Å². The van der Waals surface area contributed by atoms with Gasteiger partial charge in [0.25, 0.3) is 0 Å². The van der Waals surface area contributed by atoms with Gasteiger partial charge in [-0.25, -0.2) is 4.98 Å². The highest BCUT2D eigenvalue weighted by atomic mass is 16.5. The first kappa shape index (κ1) is 63.5. The van der Waals surface area contributed by atoms with Crippen molar-refractivity contribution in [2.75, 3.05) is 16.5 Å². The topological polar surface area (TPSA) is 33.5 Å². The molecule has 1 spiro atoms. The van der Waals surface area contributed by atoms with Gasteiger partial charge in [0.05, 0.1) is 33.5 Å². The van der Waals surface area contributed by atoms with Gasteiger partial charge in [-0.3, -0.25) is 4.57 Å². The minimum atomic E-state index is -0.464. The Morgan fingerprint density at radius 1 is 0.354 bits per heavy atom. The molecule has 16 rings (SSSR count). The van der Waals surface area contributed by atoms with Crippen molar-refractivity contribution in [3.05, 3.63) is 310 Å². The molecule has 3 aliphatic rings. The van der Waals surface area contributed by atoms with Crippen LogP contribution < -0.4 is 14.5 Å². The third-order valence-electron chi connectivity index (χ3n) is 21.5. The van der Waals surface area contributed by atoms with Crippen LogP contribution in [0, 0.1) is 0 Å². The third-order valence-corrected chi connectivity index (χ3v) is 21.5. The van der Waals surface area contributed by atoms with E-state index in [1.807, 2.05) is 0 Å². The van der Waals surface area contributed by atoms with Gasteiger partial charge in [-0.05, 0) is 189 Å². The smallest absolute Gasteiger partial charge is 0.137 e. The fraction of sp³-hybridized carbons (Fsp3) is 0.245. The van der Waals surface area contributed by atoms with E-state index in [2.05, 4.69) is 367 Å². The van der Waals surface area contributed by atoms with E-state index in [-0.39, 0.29) is 27.1 Å². The van der Waals surface area contributed by atoms with Crippen LogP contribution in [0.15, 0.2) is 249 Å². The van der Waals surface area contributed by atoms with Crippen LogP contribution >= 0.6 is 0 Å². The van der Waals surface area contributed by atoms with Gasteiger partial charge in [0, 0.05) is 51.5 Å². The second-order valence-corrected chi connectivity index (χ2v) is 33.3. The number of nitrogens with zero attached hydrogens (tertiary/aromatic N) is 4. The summed E-state index contributed by atoms with van der Waals surface area (Å²) in [5.74, 6) is 2.38. The predicted molar refractivity (Wildman–Crippen MR) is 417 cm³/mol. The van der Waals surface area contributed by atoms with Crippen LogP contribution in [0.2, 0.25) is 0 Å². The van der Waals surface area contributed by atoms with Crippen molar-refractivity contribution in [1.82, 2.24) is 9.55 Å². The van der Waals surface area contributed by atoms with Crippen LogP contribution in [0.5, 0.6) is 11.5 Å². The molecule has 0 bridgehead atoms. The number of hydrogen-bond acceptors (Lipinski definition) is 4. The number of aromatic nitrogens is 2. The molecule has 11 aromatic carbocycles. The average molecular weight is 1290 g/mol. The molecule has 5 heteroatoms. The van der Waals surface area contributed by atoms with Crippen LogP contribution in [0.25, 0.3) is 72.1 Å². The first-order valence-electron chi connectivity index (χ1n) is 35.6. The molecule has 1 aliphatic heterocycles. The quantitative estimate of drug-likeness (QED) is 0.152. The lowest BCUT2D eigenvalue weighted by Crippen LogP contribution is -2.34. The zero-order valence-corrected chi connectivity index (χ0v) is 60.3. The van der Waals surface area contributed by atoms with Crippen molar-refractivity contribution in [1.29, 1.82) is 0 Å². The molecule has 5 nitrogen and oxygen atoms in total. The first-order chi connectivity index (χ1) is 47.2. The molecule has 492 valence electrons. The zero-order valence-electron chi connectivity index (χ0n) is 60.3. The SMILES string of the molecule is CC(C)(C)c1ccc(-c2cnc(-n3c4ccccc4c4ccc(Oc5cccc(N6CN(c7c(-c8cc(C(C)(C)C)cc(C(C)(C)C)c8)cc(C(C)(C)C)cc7-c7ccc8c(c7)-c7ccccc7C87c8ccccc8Cc8ccccc87)c7ccccc76)c5)cc43)cc2C(C)(C)C)cc1. The minimum absolute atomic E-state index is 0.0639. The number of fused-ring (bicyclic) bond motifs is 13. The van der Waals surface area contributed by atoms with Crippen LogP contribution in [-0.4, -0.2) is 16.2 Å². The van der Waals surface area contributed by atoms with Crippen LogP contribution in [0.1, 0.15) is 165 Å². The van der Waals surface area contributed by atoms with Crippen molar-refractivity contribution in [3.63, 3.8) is 0 Å². The van der Waals surface area contributed by atoms with E-state index >= 15 is 0 Å². The maximum Gasteiger partial charge on any atom is 0.137 e. The van der Waals surface area contributed by atoms with Crippen molar-refractivity contribution < 1.29 is 4.74 Å². The number of hydrogen-bond donors (Lipinski definition) is 0. The summed E-state index contributed by atoms with van der Waals surface area (Å²) in [5, 5.41) is 2.31. The summed E-state index contributed by atoms with van der Waals surface area (Å²) in [7, 11) is 0. The first-order valence-corrected chi connectivity index (χ1v) is 35.6. The molecule has 0 unspecified atom stereocenters. The number of ether oxygens (including phenoxy) is 1. The van der Waals surface area contributed by atoms with Crippen LogP contribution in [-0.2, 0) is 38.9 Å². The number of benzene rings is 11. The zero-order chi connectivity index (χ0) is 68.9. The predicted octanol–water partition coefficient (Wildman–Crippen LogP) is 25.0. The Hall–Kier alpha value is -10.2. The fourth-order valence-electron chi connectivity index (χ4n) is 16.2. The minimum Gasteiger partial charge on any atom is -0.457 e. The molecule has 0 N–H and O–H groups in total. The number of pyridine rings is 1. The second kappa shape index (κ2) is 22.9. The highest BCUT2D eigenvalue weighted by molar-refractivity contribution is 6.10. The molecular formula is C94H90N4O. The van der Waals surface area contributed by atoms with Gasteiger partial charge in [0.1, 0.15) is 24.0 Å². The largest absolute Gasteiger partial charge is 0.457 e. The van der Waals surface area contributed by atoms with Crippen molar-refractivity contribution >= 4 is 44.6 Å². The van der Waals surface area contributed by atoms with Crippen LogP contribution in [0.4, 0.5) is 22.7 Å². The number of para-hydroxylation sites is 3. The summed E-state index contributed by atoms with van der Waals surface area (Å²) in [6.07, 6.45) is 3.00. The highest BCUT2D eigenvalue weighted by Crippen LogP contribution is 2.61. The summed E-state index contributed by atoms with van der Waals surface area (Å²) in [6, 6.07) is 91.9. The lowest BCUT2D eigenvalue weighted by Gasteiger charge is -2.40. The molecule has 0 saturated heterocycles. The van der Waals surface area contributed by atoms with E-state index < -0.39 is 5.41 Å². The number of anilines is 4. The Kier molecular flexibility index (Phi) is 14.7. The summed E-state index contributed by atoms with van der Waals surface area (Å²) in [6.45, 7) is 35.5. The molecule has 0 amide bonds. The Bertz CT molecular complexity index is 5310. The monoisotopic (exact) mass is 1290 g/mol. The summed E-state index contributed by atoms with van der Waals surface area (Å²) in [5.41, 5.74) is 30.1. The molecule has 0 radical (unpaired) electrons. The number of rotatable bonds is 8. The Morgan fingerprint density at radius 2 is 0.899 bits per heavy atom. The Morgan fingerprint density at radius 3 is 1.56 bits per heavy atom. The highest BCUT2D eigenvalue weighted by Gasteiger charge is 2.50. The summed E-state index contributed by atoms with van der Waals surface area (Å²) >= 11 is 0. The van der Waals surface area contributed by atoms with Crippen molar-refractivity contribution in [3.8, 4) is 61.8 Å². The van der Waals surface area contributed by atoms with E-state index in [4.69, 9.17) is 9.72 Å². The van der Waals surface area contributed by atoms with Gasteiger partial charge in [0.15, 0.2) is 0 Å². The average Bonchev–Trinajstić information content (AvgIpc) is 1.56. The van der Waals surface area contributed by atoms with Gasteiger partial charge >= 0.3 is 0 Å². The molecule has 2 aliphatic carbocycles. The molecular weight excluding hydrogens is 1200 g/mol. The fourth-order valence-corrected chi connectivity index (χ4v) is 16.2. The lowest BCUT2D eigenvalue weighted by atomic mass is 9.61. The van der Waals surface area contributed by atoms with E-state index in [1.165, 1.54) is 111 Å². The van der Waals surface area contributed by atoms with Crippen molar-refractivity contribution in [2.24, 2.45) is 0 Å². The standard InChI is InChI=1S/C94H90N4O/c1-89(2,3)64-42-39-59(40-43-64)77-57-95-87(56-82(77)93(13,14)15)98-83-36-23-19-32-72(83)73-45-44-70(55-86(73)98)99-69-30-26-29-68(54-69)96-58-97(85-38-25-24-37-84(85)96)88-74(52-67(92(10,11)12)53-75(88)63-48-65(90(4,5)6)51-66(49-63)91(7,8)9)60-41-46-81-76(50-60)71-31-18-22-35-80(71)94(81)78-33-20-16-27-61(78)47-62-28-17-21-34-79(62)94/h16-46,48-57H,47,58H2,1-15H3. The molecule has 2 aromatic heterocycles. The van der Waals surface area contributed by atoms with Gasteiger partial charge in [-0.15, -0.1) is 0 Å². The maximum atomic E-state index is 7.11. The van der Waals surface area contributed by atoms with E-state index in [9.17, 15) is 0 Å². The molecule has 13 aromatic rings. The van der Waals surface area contributed by atoms with Crippen molar-refractivity contribution in [2.45, 2.75) is 143 Å². The molecule has 0 saturated carbocycles. The van der Waals surface area contributed by atoms with Gasteiger partial charge in [-0.1, -0.05) is 268 Å².